The standard InChI is InChI=1S/C11H12O3.C6H8O5S/c1-6-4-7(2)10(11(13)14)8(3)9(6)5-12;1-3(7)10-4-2-12-6(11-4)5(8)9/h4-5H,1-3H3,(H,13,14);4,6H,2H2,1H3,(H,8,9)/t;4-,6-/m.1/s1. The number of hydrogen-bond acceptors (Lipinski definition) is 7. The number of aromatic carboxylic acids is 1. The van der Waals surface area contributed by atoms with Crippen molar-refractivity contribution in [3.05, 3.63) is 33.9 Å². The van der Waals surface area contributed by atoms with E-state index in [9.17, 15) is 19.2 Å². The summed E-state index contributed by atoms with van der Waals surface area (Å²) in [7, 11) is 0. The van der Waals surface area contributed by atoms with Crippen LogP contribution in [0.1, 0.15) is 44.3 Å². The predicted molar refractivity (Wildman–Crippen MR) is 93.5 cm³/mol. The number of carbonyl (C=O) groups is 4. The molecule has 26 heavy (non-hydrogen) atoms. The maximum atomic E-state index is 10.9. The van der Waals surface area contributed by atoms with E-state index < -0.39 is 29.6 Å². The van der Waals surface area contributed by atoms with Crippen molar-refractivity contribution in [2.75, 3.05) is 5.75 Å². The first-order valence-electron chi connectivity index (χ1n) is 7.54. The molecule has 0 bridgehead atoms. The van der Waals surface area contributed by atoms with Gasteiger partial charge in [0.15, 0.2) is 6.29 Å². The summed E-state index contributed by atoms with van der Waals surface area (Å²) in [5.41, 5.74) is 1.86. The van der Waals surface area contributed by atoms with Crippen LogP contribution in [0.4, 0.5) is 0 Å². The first-order chi connectivity index (χ1) is 12.1. The molecule has 1 aliphatic heterocycles. The molecule has 0 spiro atoms. The van der Waals surface area contributed by atoms with Crippen molar-refractivity contribution in [2.24, 2.45) is 0 Å². The van der Waals surface area contributed by atoms with Crippen LogP contribution in [0, 0.1) is 20.8 Å². The molecule has 1 saturated heterocycles. The largest absolute Gasteiger partial charge is 0.479 e. The van der Waals surface area contributed by atoms with Crippen molar-refractivity contribution >= 4 is 36.0 Å². The first-order valence-corrected chi connectivity index (χ1v) is 8.59. The van der Waals surface area contributed by atoms with Gasteiger partial charge >= 0.3 is 17.9 Å². The summed E-state index contributed by atoms with van der Waals surface area (Å²) in [6.07, 6.45) is -0.00935. The summed E-state index contributed by atoms with van der Waals surface area (Å²) in [5.74, 6) is -2.12. The Bertz CT molecular complexity index is 728. The SMILES string of the molecule is CC(=O)O[C@H]1CS[C@H](C(=O)O)O1.Cc1cc(C)c(C(=O)O)c(C)c1C=O. The van der Waals surface area contributed by atoms with E-state index in [1.165, 1.54) is 6.92 Å². The minimum absolute atomic E-state index is 0.234. The third-order valence-corrected chi connectivity index (χ3v) is 4.60. The van der Waals surface area contributed by atoms with Gasteiger partial charge in [0, 0.05) is 12.5 Å². The van der Waals surface area contributed by atoms with Gasteiger partial charge < -0.3 is 19.7 Å². The quantitative estimate of drug-likeness (QED) is 0.593. The summed E-state index contributed by atoms with van der Waals surface area (Å²) in [6, 6.07) is 1.72. The lowest BCUT2D eigenvalue weighted by Crippen LogP contribution is -2.22. The van der Waals surface area contributed by atoms with Crippen LogP contribution in [0.5, 0.6) is 0 Å². The summed E-state index contributed by atoms with van der Waals surface area (Å²) < 4.78 is 9.50. The van der Waals surface area contributed by atoms with Crippen molar-refractivity contribution in [2.45, 2.75) is 39.4 Å². The maximum Gasteiger partial charge on any atom is 0.343 e. The van der Waals surface area contributed by atoms with Crippen LogP contribution in [0.25, 0.3) is 0 Å². The first kappa shape index (κ1) is 21.7. The van der Waals surface area contributed by atoms with Crippen LogP contribution in [-0.2, 0) is 19.1 Å². The number of carboxylic acids is 2. The monoisotopic (exact) mass is 384 g/mol. The van der Waals surface area contributed by atoms with Crippen molar-refractivity contribution in [3.8, 4) is 0 Å². The molecule has 0 amide bonds. The third-order valence-electron chi connectivity index (χ3n) is 3.52. The molecule has 1 fully saturated rings. The van der Waals surface area contributed by atoms with E-state index in [1.54, 1.807) is 26.8 Å². The number of esters is 1. The lowest BCUT2D eigenvalue weighted by Gasteiger charge is -2.10. The zero-order chi connectivity index (χ0) is 20.0. The molecule has 0 aromatic heterocycles. The fourth-order valence-electron chi connectivity index (χ4n) is 2.47. The van der Waals surface area contributed by atoms with Gasteiger partial charge in [-0.1, -0.05) is 6.07 Å². The smallest absolute Gasteiger partial charge is 0.343 e. The maximum absolute atomic E-state index is 10.9. The summed E-state index contributed by atoms with van der Waals surface area (Å²) >= 11 is 1.10. The Morgan fingerprint density at radius 3 is 2.27 bits per heavy atom. The van der Waals surface area contributed by atoms with Crippen LogP contribution in [-0.4, -0.2) is 51.9 Å². The van der Waals surface area contributed by atoms with E-state index in [4.69, 9.17) is 14.9 Å². The zero-order valence-corrected chi connectivity index (χ0v) is 15.6. The molecule has 1 aromatic rings. The third kappa shape index (κ3) is 5.57. The molecule has 2 N–H and O–H groups in total. The number of benzene rings is 1. The van der Waals surface area contributed by atoms with E-state index in [0.29, 0.717) is 28.7 Å². The second-order valence-corrected chi connectivity index (χ2v) is 6.62. The molecule has 9 heteroatoms. The topological polar surface area (TPSA) is 127 Å². The molecule has 0 radical (unpaired) electrons. The molecule has 2 rings (SSSR count). The normalized spacial score (nSPS) is 18.5. The number of aldehydes is 1. The average Bonchev–Trinajstić information content (AvgIpc) is 2.95. The molecule has 8 nitrogen and oxygen atoms in total. The van der Waals surface area contributed by atoms with Crippen LogP contribution < -0.4 is 0 Å². The molecular weight excluding hydrogens is 364 g/mol. The highest BCUT2D eigenvalue weighted by molar-refractivity contribution is 8.00. The molecular formula is C17H20O8S. The molecule has 0 saturated carbocycles. The number of hydrogen-bond donors (Lipinski definition) is 2. The summed E-state index contributed by atoms with van der Waals surface area (Å²) in [5, 5.41) is 17.4. The summed E-state index contributed by atoms with van der Waals surface area (Å²) in [6.45, 7) is 6.45. The summed E-state index contributed by atoms with van der Waals surface area (Å²) in [4.78, 5) is 42.4. The van der Waals surface area contributed by atoms with Crippen LogP contribution in [0.15, 0.2) is 6.07 Å². The van der Waals surface area contributed by atoms with E-state index in [2.05, 4.69) is 4.74 Å². The number of rotatable bonds is 4. The van der Waals surface area contributed by atoms with Crippen molar-refractivity contribution in [1.82, 2.24) is 0 Å². The van der Waals surface area contributed by atoms with Gasteiger partial charge in [0.1, 0.15) is 0 Å². The molecule has 1 aliphatic rings. The predicted octanol–water partition coefficient (Wildman–Crippen LogP) is 2.17. The van der Waals surface area contributed by atoms with Crippen LogP contribution in [0.3, 0.4) is 0 Å². The highest BCUT2D eigenvalue weighted by Gasteiger charge is 2.32. The van der Waals surface area contributed by atoms with E-state index >= 15 is 0 Å². The lowest BCUT2D eigenvalue weighted by atomic mass is 9.94. The fourth-order valence-corrected chi connectivity index (χ4v) is 3.29. The molecule has 142 valence electrons. The molecule has 1 aromatic carbocycles. The lowest BCUT2D eigenvalue weighted by molar-refractivity contribution is -0.177. The Hall–Kier alpha value is -2.39. The second kappa shape index (κ2) is 9.35. The minimum Gasteiger partial charge on any atom is -0.479 e. The van der Waals surface area contributed by atoms with E-state index in [-0.39, 0.29) is 5.56 Å². The molecule has 0 unspecified atom stereocenters. The highest BCUT2D eigenvalue weighted by atomic mass is 32.2. The Morgan fingerprint density at radius 1 is 1.23 bits per heavy atom. The molecule has 2 atom stereocenters. The van der Waals surface area contributed by atoms with Crippen molar-refractivity contribution in [3.63, 3.8) is 0 Å². The molecule has 0 aliphatic carbocycles. The van der Waals surface area contributed by atoms with Gasteiger partial charge in [-0.3, -0.25) is 9.59 Å². The Balaban J connectivity index is 0.000000263. The Labute approximate surface area is 154 Å². The van der Waals surface area contributed by atoms with Gasteiger partial charge in [0.2, 0.25) is 11.7 Å². The Morgan fingerprint density at radius 2 is 1.85 bits per heavy atom. The van der Waals surface area contributed by atoms with Crippen LogP contribution >= 0.6 is 11.8 Å². The number of aliphatic carboxylic acids is 1. The van der Waals surface area contributed by atoms with Gasteiger partial charge in [-0.15, -0.1) is 11.8 Å². The molecule has 1 heterocycles. The van der Waals surface area contributed by atoms with E-state index in [1.807, 2.05) is 0 Å². The van der Waals surface area contributed by atoms with Gasteiger partial charge in [0.05, 0.1) is 11.3 Å². The number of ether oxygens (including phenoxy) is 2. The van der Waals surface area contributed by atoms with Gasteiger partial charge in [-0.25, -0.2) is 9.59 Å². The Kier molecular flexibility index (Phi) is 7.78. The van der Waals surface area contributed by atoms with Gasteiger partial charge in [-0.05, 0) is 37.5 Å². The highest BCUT2D eigenvalue weighted by Crippen LogP contribution is 2.25. The minimum atomic E-state index is -1.05. The average molecular weight is 384 g/mol. The van der Waals surface area contributed by atoms with E-state index in [0.717, 1.165) is 17.3 Å². The number of carboxylic acid groups (broad SMARTS) is 2. The zero-order valence-electron chi connectivity index (χ0n) is 14.8. The van der Waals surface area contributed by atoms with Crippen molar-refractivity contribution < 1.29 is 38.9 Å². The number of thioether (sulfide) groups is 1. The number of aryl methyl sites for hydroxylation is 2. The second-order valence-electron chi connectivity index (χ2n) is 5.53. The number of carbonyl (C=O) groups excluding carboxylic acids is 2. The van der Waals surface area contributed by atoms with Crippen LogP contribution in [0.2, 0.25) is 0 Å². The van der Waals surface area contributed by atoms with Gasteiger partial charge in [-0.2, -0.15) is 0 Å². The van der Waals surface area contributed by atoms with Gasteiger partial charge in [0.25, 0.3) is 0 Å². The fraction of sp³-hybridized carbons (Fsp3) is 0.412. The van der Waals surface area contributed by atoms with Crippen molar-refractivity contribution in [1.29, 1.82) is 0 Å².